The molecule has 0 saturated heterocycles. The van der Waals surface area contributed by atoms with Gasteiger partial charge in [0.05, 0.1) is 12.7 Å². The second-order valence-corrected chi connectivity index (χ2v) is 5.99. The lowest BCUT2D eigenvalue weighted by molar-refractivity contribution is -0.115. The number of aromatic nitrogens is 1. The number of amides is 1. The van der Waals surface area contributed by atoms with Gasteiger partial charge < -0.3 is 9.73 Å². The first-order chi connectivity index (χ1) is 11.0. The van der Waals surface area contributed by atoms with Crippen molar-refractivity contribution in [2.45, 2.75) is 34.1 Å². The quantitative estimate of drug-likeness (QED) is 0.787. The van der Waals surface area contributed by atoms with Gasteiger partial charge in [0, 0.05) is 17.1 Å². The Bertz CT molecular complexity index is 894. The van der Waals surface area contributed by atoms with Gasteiger partial charge in [0.25, 0.3) is 0 Å². The average Bonchev–Trinajstić information content (AvgIpc) is 2.91. The van der Waals surface area contributed by atoms with Gasteiger partial charge in [-0.1, -0.05) is 12.1 Å². The topological polar surface area (TPSA) is 55.1 Å². The van der Waals surface area contributed by atoms with Gasteiger partial charge in [0.1, 0.15) is 11.4 Å². The summed E-state index contributed by atoms with van der Waals surface area (Å²) in [6.45, 7) is 8.09. The Morgan fingerprint density at radius 3 is 2.70 bits per heavy atom. The van der Waals surface area contributed by atoms with Crippen LogP contribution in [0.4, 0.5) is 5.82 Å². The standard InChI is InChI=1S/C19H20N2O2/c1-11-6-5-7-20-19(11)21-16(22)9-15-10-23-18-14(4)12(2)8-13(3)17(15)18/h5-8,10H,9H2,1-4H3,(H,20,21,22). The minimum absolute atomic E-state index is 0.0906. The summed E-state index contributed by atoms with van der Waals surface area (Å²) in [4.78, 5) is 16.5. The zero-order chi connectivity index (χ0) is 16.6. The van der Waals surface area contributed by atoms with Gasteiger partial charge in [0.15, 0.2) is 0 Å². The Kier molecular flexibility index (Phi) is 3.90. The highest BCUT2D eigenvalue weighted by Gasteiger charge is 2.16. The van der Waals surface area contributed by atoms with E-state index >= 15 is 0 Å². The van der Waals surface area contributed by atoms with Gasteiger partial charge in [-0.25, -0.2) is 4.98 Å². The lowest BCUT2D eigenvalue weighted by Gasteiger charge is -2.08. The van der Waals surface area contributed by atoms with Crippen LogP contribution in [0, 0.1) is 27.7 Å². The van der Waals surface area contributed by atoms with Crippen molar-refractivity contribution in [2.75, 3.05) is 5.32 Å². The number of nitrogens with zero attached hydrogens (tertiary/aromatic N) is 1. The summed E-state index contributed by atoms with van der Waals surface area (Å²) < 4.78 is 5.72. The van der Waals surface area contributed by atoms with Gasteiger partial charge in [-0.2, -0.15) is 0 Å². The van der Waals surface area contributed by atoms with E-state index in [0.717, 1.165) is 33.2 Å². The fraction of sp³-hybridized carbons (Fsp3) is 0.263. The number of hydrogen-bond acceptors (Lipinski definition) is 3. The number of rotatable bonds is 3. The van der Waals surface area contributed by atoms with Crippen molar-refractivity contribution in [3.63, 3.8) is 0 Å². The van der Waals surface area contributed by atoms with Crippen LogP contribution in [-0.4, -0.2) is 10.9 Å². The van der Waals surface area contributed by atoms with Crippen LogP contribution < -0.4 is 5.32 Å². The molecular weight excluding hydrogens is 288 g/mol. The number of benzene rings is 1. The number of hydrogen-bond donors (Lipinski definition) is 1. The summed E-state index contributed by atoms with van der Waals surface area (Å²) in [5.74, 6) is 0.515. The number of aryl methyl sites for hydroxylation is 4. The molecule has 23 heavy (non-hydrogen) atoms. The van der Waals surface area contributed by atoms with Crippen molar-refractivity contribution < 1.29 is 9.21 Å². The first-order valence-electron chi connectivity index (χ1n) is 7.65. The van der Waals surface area contributed by atoms with Crippen molar-refractivity contribution in [1.82, 2.24) is 4.98 Å². The highest BCUT2D eigenvalue weighted by atomic mass is 16.3. The molecular formula is C19H20N2O2. The third kappa shape index (κ3) is 2.84. The van der Waals surface area contributed by atoms with Gasteiger partial charge in [0.2, 0.25) is 5.91 Å². The molecule has 3 aromatic rings. The van der Waals surface area contributed by atoms with Crippen molar-refractivity contribution in [3.05, 3.63) is 58.5 Å². The number of carbonyl (C=O) groups excluding carboxylic acids is 1. The van der Waals surface area contributed by atoms with Crippen LogP contribution in [0.25, 0.3) is 11.0 Å². The maximum atomic E-state index is 12.3. The summed E-state index contributed by atoms with van der Waals surface area (Å²) in [6, 6.07) is 5.91. The Morgan fingerprint density at radius 1 is 1.17 bits per heavy atom. The monoisotopic (exact) mass is 308 g/mol. The summed E-state index contributed by atoms with van der Waals surface area (Å²) in [5.41, 5.74) is 6.18. The third-order valence-corrected chi connectivity index (χ3v) is 4.24. The maximum absolute atomic E-state index is 12.3. The largest absolute Gasteiger partial charge is 0.464 e. The summed E-state index contributed by atoms with van der Waals surface area (Å²) in [6.07, 6.45) is 3.63. The van der Waals surface area contributed by atoms with Crippen LogP contribution in [0.2, 0.25) is 0 Å². The summed E-state index contributed by atoms with van der Waals surface area (Å²) in [5, 5.41) is 3.91. The van der Waals surface area contributed by atoms with E-state index in [1.165, 1.54) is 5.56 Å². The first kappa shape index (κ1) is 15.3. The molecule has 0 unspecified atom stereocenters. The predicted molar refractivity (Wildman–Crippen MR) is 91.7 cm³/mol. The molecule has 2 heterocycles. The maximum Gasteiger partial charge on any atom is 0.230 e. The van der Waals surface area contributed by atoms with Crippen LogP contribution in [-0.2, 0) is 11.2 Å². The number of anilines is 1. The van der Waals surface area contributed by atoms with Crippen LogP contribution in [0.15, 0.2) is 35.1 Å². The van der Waals surface area contributed by atoms with Crippen molar-refractivity contribution in [2.24, 2.45) is 0 Å². The molecule has 4 nitrogen and oxygen atoms in total. The minimum Gasteiger partial charge on any atom is -0.464 e. The number of carbonyl (C=O) groups is 1. The van der Waals surface area contributed by atoms with Crippen molar-refractivity contribution >= 4 is 22.7 Å². The summed E-state index contributed by atoms with van der Waals surface area (Å²) >= 11 is 0. The normalized spacial score (nSPS) is 11.0. The smallest absolute Gasteiger partial charge is 0.230 e. The van der Waals surface area contributed by atoms with E-state index in [9.17, 15) is 4.79 Å². The Morgan fingerprint density at radius 2 is 1.96 bits per heavy atom. The van der Waals surface area contributed by atoms with Gasteiger partial charge >= 0.3 is 0 Å². The molecule has 1 N–H and O–H groups in total. The van der Waals surface area contributed by atoms with E-state index in [1.54, 1.807) is 12.5 Å². The van der Waals surface area contributed by atoms with Crippen molar-refractivity contribution in [1.29, 1.82) is 0 Å². The van der Waals surface area contributed by atoms with Crippen LogP contribution in [0.5, 0.6) is 0 Å². The van der Waals surface area contributed by atoms with Crippen LogP contribution >= 0.6 is 0 Å². The molecule has 0 saturated carbocycles. The molecule has 0 atom stereocenters. The van der Waals surface area contributed by atoms with E-state index in [4.69, 9.17) is 4.42 Å². The number of fused-ring (bicyclic) bond motifs is 1. The van der Waals surface area contributed by atoms with Crippen LogP contribution in [0.3, 0.4) is 0 Å². The first-order valence-corrected chi connectivity index (χ1v) is 7.65. The highest BCUT2D eigenvalue weighted by molar-refractivity contribution is 5.96. The number of furan rings is 1. The average molecular weight is 308 g/mol. The molecule has 0 aliphatic rings. The molecule has 4 heteroatoms. The molecule has 1 amide bonds. The fourth-order valence-electron chi connectivity index (χ4n) is 2.88. The Hall–Kier alpha value is -2.62. The minimum atomic E-state index is -0.0906. The van der Waals surface area contributed by atoms with Gasteiger partial charge in [-0.15, -0.1) is 0 Å². The van der Waals surface area contributed by atoms with E-state index in [1.807, 2.05) is 26.0 Å². The molecule has 0 aliphatic carbocycles. The van der Waals surface area contributed by atoms with Gasteiger partial charge in [-0.3, -0.25) is 4.79 Å². The number of nitrogens with one attached hydrogen (secondary N) is 1. The Labute approximate surface area is 135 Å². The van der Waals surface area contributed by atoms with E-state index in [-0.39, 0.29) is 12.3 Å². The predicted octanol–water partition coefficient (Wildman–Crippen LogP) is 4.24. The van der Waals surface area contributed by atoms with E-state index in [2.05, 4.69) is 30.2 Å². The molecule has 1 aromatic carbocycles. The molecule has 0 fully saturated rings. The van der Waals surface area contributed by atoms with Crippen molar-refractivity contribution in [3.8, 4) is 0 Å². The molecule has 0 bridgehead atoms. The fourth-order valence-corrected chi connectivity index (χ4v) is 2.88. The highest BCUT2D eigenvalue weighted by Crippen LogP contribution is 2.30. The SMILES string of the molecule is Cc1cccnc1NC(=O)Cc1coc2c(C)c(C)cc(C)c12. The summed E-state index contributed by atoms with van der Waals surface area (Å²) in [7, 11) is 0. The van der Waals surface area contributed by atoms with Crippen LogP contribution in [0.1, 0.15) is 27.8 Å². The molecule has 0 spiro atoms. The molecule has 2 aromatic heterocycles. The number of pyridine rings is 1. The molecule has 3 rings (SSSR count). The zero-order valence-electron chi connectivity index (χ0n) is 13.9. The molecule has 0 aliphatic heterocycles. The molecule has 0 radical (unpaired) electrons. The van der Waals surface area contributed by atoms with Gasteiger partial charge in [-0.05, 0) is 56.0 Å². The lowest BCUT2D eigenvalue weighted by atomic mass is 9.99. The van der Waals surface area contributed by atoms with E-state index in [0.29, 0.717) is 5.82 Å². The second kappa shape index (κ2) is 5.88. The molecule has 118 valence electrons. The Balaban J connectivity index is 1.89. The third-order valence-electron chi connectivity index (χ3n) is 4.24. The zero-order valence-corrected chi connectivity index (χ0v) is 13.9. The van der Waals surface area contributed by atoms with E-state index < -0.39 is 0 Å². The second-order valence-electron chi connectivity index (χ2n) is 5.99. The lowest BCUT2D eigenvalue weighted by Crippen LogP contribution is -2.16.